The summed E-state index contributed by atoms with van der Waals surface area (Å²) in [7, 11) is -2.25. The molecule has 276 valence electrons. The Morgan fingerprint density at radius 1 is 0.667 bits per heavy atom. The molecule has 0 N–H and O–H groups in total. The molecule has 1 saturated heterocycles. The summed E-state index contributed by atoms with van der Waals surface area (Å²) in [6.45, 7) is 45.2. The first kappa shape index (κ1) is 45.2. The van der Waals surface area contributed by atoms with Crippen molar-refractivity contribution in [3.63, 3.8) is 0 Å². The average Bonchev–Trinajstić information content (AvgIpc) is 2.98. The second-order valence-electron chi connectivity index (χ2n) is 16.9. The van der Waals surface area contributed by atoms with E-state index in [1.807, 2.05) is 39.1 Å². The molecule has 0 saturated carbocycles. The molecule has 0 bridgehead atoms. The molecule has 0 aromatic heterocycles. The second-order valence-corrected chi connectivity index (χ2v) is 22.0. The van der Waals surface area contributed by atoms with Crippen LogP contribution >= 0.6 is 27.3 Å². The van der Waals surface area contributed by atoms with E-state index in [2.05, 4.69) is 135 Å². The first-order valence-corrected chi connectivity index (χ1v) is 22.5. The Hall–Kier alpha value is -0.830. The van der Waals surface area contributed by atoms with Crippen LogP contribution in [0, 0.1) is 19.3 Å². The molecule has 1 heterocycles. The van der Waals surface area contributed by atoms with Crippen LogP contribution in [0.2, 0.25) is 0 Å². The predicted octanol–water partition coefficient (Wildman–Crippen LogP) is 14.3. The fraction of sp³-hybridized carbons (Fsp3) is 0.707. The molecule has 7 heteroatoms. The Morgan fingerprint density at radius 3 is 1.31 bits per heavy atom. The molecule has 4 nitrogen and oxygen atoms in total. The monoisotopic (exact) mass is 722 g/mol. The molecular weight excluding hydrogens is 650 g/mol. The maximum atomic E-state index is 6.89. The van der Waals surface area contributed by atoms with Gasteiger partial charge in [0.2, 0.25) is 0 Å². The lowest BCUT2D eigenvalue weighted by Crippen LogP contribution is -2.37. The SMILES string of the molecule is CC.CC.CCC1(CSP(C)Oc2c(C(C)(C)C)cc(C)cc2C(C)(C)C)COP(Oc2c(C(C)(C)C)cc(C)cc2C(C)(C)C)OC1. The van der Waals surface area contributed by atoms with Gasteiger partial charge in [-0.05, 0) is 41.9 Å². The topological polar surface area (TPSA) is 36.9 Å². The van der Waals surface area contributed by atoms with E-state index in [-0.39, 0.29) is 27.1 Å². The van der Waals surface area contributed by atoms with E-state index in [9.17, 15) is 0 Å². The Balaban J connectivity index is 0.00000277. The number of hydrogen-bond acceptors (Lipinski definition) is 5. The average molecular weight is 723 g/mol. The van der Waals surface area contributed by atoms with Crippen LogP contribution in [0.25, 0.3) is 0 Å². The zero-order chi connectivity index (χ0) is 37.5. The maximum Gasteiger partial charge on any atom is 0.397 e. The standard InChI is InChI=1S/C37H60O4P2S.2C2H6/c1-17-37(24-44-42(16)40-31-27(33(4,5)6)18-25(2)19-28(31)34(7,8)9)22-38-43(39-23-37)41-32-29(35(10,11)12)20-26(3)21-30(32)36(13,14)15;2*1-2/h18-21H,17,22-24H2,1-16H3;2*1-2H3. The van der Waals surface area contributed by atoms with Crippen LogP contribution in [-0.4, -0.2) is 25.6 Å². The van der Waals surface area contributed by atoms with Crippen molar-refractivity contribution in [1.29, 1.82) is 0 Å². The molecule has 0 aliphatic carbocycles. The molecule has 2 aromatic carbocycles. The highest BCUT2D eigenvalue weighted by Gasteiger charge is 2.40. The van der Waals surface area contributed by atoms with E-state index in [4.69, 9.17) is 18.1 Å². The van der Waals surface area contributed by atoms with Gasteiger partial charge in [-0.3, -0.25) is 0 Å². The van der Waals surface area contributed by atoms with E-state index in [0.717, 1.165) is 23.7 Å². The normalized spacial score (nSPS) is 19.4. The fourth-order valence-electron chi connectivity index (χ4n) is 5.33. The van der Waals surface area contributed by atoms with E-state index in [1.165, 1.54) is 33.4 Å². The minimum atomic E-state index is -1.49. The van der Waals surface area contributed by atoms with Crippen molar-refractivity contribution in [3.8, 4) is 11.5 Å². The van der Waals surface area contributed by atoms with Gasteiger partial charge in [0.15, 0.2) is 0 Å². The molecule has 0 radical (unpaired) electrons. The van der Waals surface area contributed by atoms with Crippen molar-refractivity contribution < 1.29 is 18.1 Å². The number of rotatable bonds is 8. The largest absolute Gasteiger partial charge is 0.463 e. The smallest absolute Gasteiger partial charge is 0.397 e. The van der Waals surface area contributed by atoms with Crippen molar-refractivity contribution >= 4 is 27.3 Å². The molecular formula is C41H72O4P2S. The van der Waals surface area contributed by atoms with E-state index in [0.29, 0.717) is 13.2 Å². The predicted molar refractivity (Wildman–Crippen MR) is 218 cm³/mol. The molecule has 0 amide bonds. The first-order valence-electron chi connectivity index (χ1n) is 18.1. The number of benzene rings is 2. The van der Waals surface area contributed by atoms with Gasteiger partial charge in [0.25, 0.3) is 0 Å². The molecule has 3 rings (SSSR count). The molecule has 1 unspecified atom stereocenters. The molecule has 0 spiro atoms. The minimum absolute atomic E-state index is 0.00772. The van der Waals surface area contributed by atoms with Crippen molar-refractivity contribution in [3.05, 3.63) is 57.6 Å². The third kappa shape index (κ3) is 12.4. The van der Waals surface area contributed by atoms with Gasteiger partial charge in [0, 0.05) is 40.1 Å². The summed E-state index contributed by atoms with van der Waals surface area (Å²) >= 11 is 1.91. The van der Waals surface area contributed by atoms with Crippen molar-refractivity contribution in [2.24, 2.45) is 5.41 Å². The Labute approximate surface area is 304 Å². The number of aryl methyl sites for hydroxylation is 2. The summed E-state index contributed by atoms with van der Waals surface area (Å²) in [5.74, 6) is 2.91. The van der Waals surface area contributed by atoms with Crippen LogP contribution in [0.5, 0.6) is 11.5 Å². The summed E-state index contributed by atoms with van der Waals surface area (Å²) in [5.41, 5.74) is 7.30. The number of hydrogen-bond donors (Lipinski definition) is 0. The molecule has 1 aliphatic rings. The van der Waals surface area contributed by atoms with Gasteiger partial charge in [-0.25, -0.2) is 0 Å². The summed E-state index contributed by atoms with van der Waals surface area (Å²) in [6, 6.07) is 9.12. The van der Waals surface area contributed by atoms with Gasteiger partial charge in [-0.2, -0.15) is 0 Å². The van der Waals surface area contributed by atoms with E-state index >= 15 is 0 Å². The van der Waals surface area contributed by atoms with Crippen LogP contribution in [0.4, 0.5) is 0 Å². The third-order valence-electron chi connectivity index (χ3n) is 8.34. The molecule has 1 aliphatic heterocycles. The first-order chi connectivity index (χ1) is 22.0. The Kier molecular flexibility index (Phi) is 17.0. The van der Waals surface area contributed by atoms with Crippen LogP contribution in [0.15, 0.2) is 24.3 Å². The quantitative estimate of drug-likeness (QED) is 0.254. The van der Waals surface area contributed by atoms with Crippen molar-refractivity contribution in [1.82, 2.24) is 0 Å². The highest BCUT2D eigenvalue weighted by molar-refractivity contribution is 8.54. The van der Waals surface area contributed by atoms with Gasteiger partial charge in [0.05, 0.1) is 13.2 Å². The van der Waals surface area contributed by atoms with E-state index < -0.39 is 16.0 Å². The van der Waals surface area contributed by atoms with Gasteiger partial charge < -0.3 is 18.1 Å². The highest BCUT2D eigenvalue weighted by atomic mass is 32.7. The lowest BCUT2D eigenvalue weighted by atomic mass is 9.78. The summed E-state index contributed by atoms with van der Waals surface area (Å²) < 4.78 is 26.4. The summed E-state index contributed by atoms with van der Waals surface area (Å²) in [4.78, 5) is 0. The maximum absolute atomic E-state index is 6.89. The van der Waals surface area contributed by atoms with Crippen molar-refractivity contribution in [2.45, 2.75) is 160 Å². The van der Waals surface area contributed by atoms with Gasteiger partial charge in [-0.15, -0.1) is 0 Å². The van der Waals surface area contributed by atoms with Crippen LogP contribution in [0.1, 0.15) is 158 Å². The zero-order valence-electron chi connectivity index (χ0n) is 34.6. The Morgan fingerprint density at radius 2 is 1.00 bits per heavy atom. The fourth-order valence-corrected chi connectivity index (χ4v) is 9.70. The van der Waals surface area contributed by atoms with Gasteiger partial charge in [0.1, 0.15) is 18.8 Å². The molecule has 48 heavy (non-hydrogen) atoms. The van der Waals surface area contributed by atoms with Gasteiger partial charge >= 0.3 is 8.60 Å². The van der Waals surface area contributed by atoms with Crippen LogP contribution in [-0.2, 0) is 30.7 Å². The lowest BCUT2D eigenvalue weighted by Gasteiger charge is -2.39. The van der Waals surface area contributed by atoms with Crippen LogP contribution < -0.4 is 9.05 Å². The third-order valence-corrected chi connectivity index (χ3v) is 12.6. The van der Waals surface area contributed by atoms with Gasteiger partial charge in [-0.1, -0.05) is 164 Å². The molecule has 1 atom stereocenters. The van der Waals surface area contributed by atoms with Crippen LogP contribution in [0.3, 0.4) is 0 Å². The Bertz CT molecular complexity index is 1220. The summed E-state index contributed by atoms with van der Waals surface area (Å²) in [6.07, 6.45) is 0.975. The van der Waals surface area contributed by atoms with E-state index in [1.54, 1.807) is 0 Å². The summed E-state index contributed by atoms with van der Waals surface area (Å²) in [5, 5.41) is 0. The van der Waals surface area contributed by atoms with Crippen molar-refractivity contribution in [2.75, 3.05) is 25.6 Å². The lowest BCUT2D eigenvalue weighted by molar-refractivity contribution is 0.0311. The highest BCUT2D eigenvalue weighted by Crippen LogP contribution is 2.57. The molecule has 1 fully saturated rings. The minimum Gasteiger partial charge on any atom is -0.463 e. The molecule has 2 aromatic rings. The zero-order valence-corrected chi connectivity index (χ0v) is 37.2. The second kappa shape index (κ2) is 18.1.